The molecule has 0 saturated heterocycles. The first-order chi connectivity index (χ1) is 16.0. The highest BCUT2D eigenvalue weighted by atomic mass is 127. The third-order valence-electron chi connectivity index (χ3n) is 7.02. The molecule has 182 valence electrons. The van der Waals surface area contributed by atoms with Crippen LogP contribution in [0.2, 0.25) is 19.6 Å². The van der Waals surface area contributed by atoms with Crippen LogP contribution in [-0.2, 0) is 4.43 Å². The molecule has 0 N–H and O–H groups in total. The molecule has 1 atom stereocenters. The molecule has 34 heavy (non-hydrogen) atoms. The van der Waals surface area contributed by atoms with Crippen LogP contribution in [0.4, 0.5) is 0 Å². The third kappa shape index (κ3) is 6.81. The van der Waals surface area contributed by atoms with Gasteiger partial charge in [0.05, 0.1) is 12.3 Å². The molecule has 1 fully saturated rings. The summed E-state index contributed by atoms with van der Waals surface area (Å²) in [6.45, 7) is 7.07. The minimum atomic E-state index is -1.79. The zero-order chi connectivity index (χ0) is 23.2. The number of benzene rings is 3. The fraction of sp³-hybridized carbons (Fsp3) is 0.400. The van der Waals surface area contributed by atoms with Gasteiger partial charge >= 0.3 is 0 Å². The Balaban J connectivity index is 0.00000324. The van der Waals surface area contributed by atoms with Gasteiger partial charge < -0.3 is 28.4 Å². The van der Waals surface area contributed by atoms with Crippen molar-refractivity contribution in [3.63, 3.8) is 0 Å². The first kappa shape index (κ1) is 27.6. The molecule has 3 aromatic rings. The van der Waals surface area contributed by atoms with Crippen molar-refractivity contribution in [1.29, 1.82) is 0 Å². The first-order valence-corrected chi connectivity index (χ1v) is 18.1. The number of rotatable bonds is 9. The normalized spacial score (nSPS) is 16.0. The van der Waals surface area contributed by atoms with Crippen LogP contribution in [0.15, 0.2) is 91.0 Å². The summed E-state index contributed by atoms with van der Waals surface area (Å²) in [4.78, 5) is 0. The molecule has 0 aromatic heterocycles. The van der Waals surface area contributed by atoms with Crippen LogP contribution in [-0.4, -0.2) is 20.6 Å². The van der Waals surface area contributed by atoms with E-state index in [9.17, 15) is 0 Å². The summed E-state index contributed by atoms with van der Waals surface area (Å²) >= 11 is 0. The Morgan fingerprint density at radius 3 is 1.50 bits per heavy atom. The SMILES string of the molecule is C[Si](C)(C)O[C@H](CC[P+](c1ccccc1)(c1ccccc1)c1ccccc1)C1CCCCC1.[I-]. The molecular weight excluding hydrogens is 562 g/mol. The van der Waals surface area contributed by atoms with Gasteiger partial charge in [-0.1, -0.05) is 73.9 Å². The molecule has 0 aliphatic heterocycles. The summed E-state index contributed by atoms with van der Waals surface area (Å²) in [6.07, 6.45) is 9.49. The average Bonchev–Trinajstić information content (AvgIpc) is 2.85. The van der Waals surface area contributed by atoms with Gasteiger partial charge in [0.1, 0.15) is 23.2 Å². The Kier molecular flexibility index (Phi) is 10.4. The van der Waals surface area contributed by atoms with E-state index < -0.39 is 15.6 Å². The zero-order valence-electron chi connectivity index (χ0n) is 21.0. The summed E-state index contributed by atoms with van der Waals surface area (Å²) < 4.78 is 6.94. The first-order valence-electron chi connectivity index (χ1n) is 12.7. The lowest BCUT2D eigenvalue weighted by Gasteiger charge is -2.36. The molecule has 0 radical (unpaired) electrons. The van der Waals surface area contributed by atoms with E-state index in [4.69, 9.17) is 4.43 Å². The van der Waals surface area contributed by atoms with Gasteiger partial charge in [-0.2, -0.15) is 0 Å². The lowest BCUT2D eigenvalue weighted by Crippen LogP contribution is -3.00. The lowest BCUT2D eigenvalue weighted by atomic mass is 9.84. The van der Waals surface area contributed by atoms with E-state index in [0.717, 1.165) is 18.5 Å². The molecule has 3 aromatic carbocycles. The fourth-order valence-electron chi connectivity index (χ4n) is 5.55. The van der Waals surface area contributed by atoms with Gasteiger partial charge in [-0.25, -0.2) is 0 Å². The van der Waals surface area contributed by atoms with Crippen molar-refractivity contribution >= 4 is 31.5 Å². The predicted molar refractivity (Wildman–Crippen MR) is 149 cm³/mol. The molecule has 1 saturated carbocycles. The molecule has 1 aliphatic carbocycles. The minimum Gasteiger partial charge on any atom is -1.00 e. The predicted octanol–water partition coefficient (Wildman–Crippen LogP) is 4.18. The fourth-order valence-corrected chi connectivity index (χ4v) is 11.1. The highest BCUT2D eigenvalue weighted by Gasteiger charge is 2.46. The average molecular weight is 603 g/mol. The zero-order valence-corrected chi connectivity index (χ0v) is 25.1. The smallest absolute Gasteiger partial charge is 0.184 e. The second-order valence-corrected chi connectivity index (χ2v) is 18.6. The van der Waals surface area contributed by atoms with Crippen LogP contribution in [0.25, 0.3) is 0 Å². The van der Waals surface area contributed by atoms with E-state index in [1.54, 1.807) is 0 Å². The van der Waals surface area contributed by atoms with E-state index >= 15 is 0 Å². The summed E-state index contributed by atoms with van der Waals surface area (Å²) in [5.41, 5.74) is 0. The Hall–Kier alpha value is -1.00. The molecule has 0 heterocycles. The maximum absolute atomic E-state index is 6.94. The molecule has 4 rings (SSSR count). The van der Waals surface area contributed by atoms with Gasteiger partial charge in [0.2, 0.25) is 0 Å². The van der Waals surface area contributed by atoms with Gasteiger partial charge in [0, 0.05) is 6.42 Å². The van der Waals surface area contributed by atoms with Crippen LogP contribution in [0, 0.1) is 5.92 Å². The molecule has 1 aliphatic rings. The lowest BCUT2D eigenvalue weighted by molar-refractivity contribution is -0.00000900. The van der Waals surface area contributed by atoms with Gasteiger partial charge in [0.15, 0.2) is 8.32 Å². The van der Waals surface area contributed by atoms with E-state index in [2.05, 4.69) is 111 Å². The quantitative estimate of drug-likeness (QED) is 0.203. The van der Waals surface area contributed by atoms with E-state index in [1.165, 1.54) is 48.0 Å². The molecule has 0 spiro atoms. The van der Waals surface area contributed by atoms with E-state index in [-0.39, 0.29) is 24.0 Å². The van der Waals surface area contributed by atoms with Crippen LogP contribution >= 0.6 is 7.26 Å². The second-order valence-electron chi connectivity index (χ2n) is 10.5. The summed E-state index contributed by atoms with van der Waals surface area (Å²) in [5.74, 6) is 0.717. The molecule has 1 nitrogen and oxygen atoms in total. The maximum Gasteiger partial charge on any atom is 0.184 e. The summed E-state index contributed by atoms with van der Waals surface area (Å²) in [7, 11) is -3.41. The van der Waals surface area contributed by atoms with Crippen LogP contribution in [0.3, 0.4) is 0 Å². The number of halogens is 1. The molecule has 0 unspecified atom stereocenters. The van der Waals surface area contributed by atoms with Gasteiger partial charge in [-0.15, -0.1) is 0 Å². The third-order valence-corrected chi connectivity index (χ3v) is 12.5. The molecule has 4 heteroatoms. The Morgan fingerprint density at radius 1 is 0.706 bits per heavy atom. The largest absolute Gasteiger partial charge is 1.00 e. The van der Waals surface area contributed by atoms with E-state index in [1.807, 2.05) is 0 Å². The van der Waals surface area contributed by atoms with Crippen molar-refractivity contribution in [3.8, 4) is 0 Å². The van der Waals surface area contributed by atoms with Gasteiger partial charge in [0.25, 0.3) is 0 Å². The van der Waals surface area contributed by atoms with Crippen molar-refractivity contribution in [2.75, 3.05) is 6.16 Å². The van der Waals surface area contributed by atoms with Crippen molar-refractivity contribution < 1.29 is 28.4 Å². The van der Waals surface area contributed by atoms with E-state index in [0.29, 0.717) is 6.10 Å². The summed E-state index contributed by atoms with van der Waals surface area (Å²) in [5, 5.41) is 4.45. The van der Waals surface area contributed by atoms with Crippen LogP contribution < -0.4 is 39.9 Å². The number of hydrogen-bond donors (Lipinski definition) is 0. The van der Waals surface area contributed by atoms with Crippen molar-refractivity contribution in [2.24, 2.45) is 5.92 Å². The van der Waals surface area contributed by atoms with Gasteiger partial charge in [-0.05, 0) is 74.8 Å². The van der Waals surface area contributed by atoms with Crippen LogP contribution in [0.1, 0.15) is 38.5 Å². The highest BCUT2D eigenvalue weighted by molar-refractivity contribution is 7.95. The second kappa shape index (κ2) is 12.8. The maximum atomic E-state index is 6.94. The standard InChI is InChI=1S/C30H40OPSi.HI/c1-33(2,3)31-30(26-16-8-4-9-17-26)24-25-32(27-18-10-5-11-19-27,28-20-12-6-13-21-28)29-22-14-7-15-23-29;/h5-7,10-15,18-23,26,30H,4,8-9,16-17,24-25H2,1-3H3;1H/q+1;/p-1/t30-;/m1./s1. The highest BCUT2D eigenvalue weighted by Crippen LogP contribution is 2.56. The monoisotopic (exact) mass is 602 g/mol. The topological polar surface area (TPSA) is 9.23 Å². The Bertz CT molecular complexity index is 872. The Labute approximate surface area is 226 Å². The van der Waals surface area contributed by atoms with Crippen LogP contribution in [0.5, 0.6) is 0 Å². The van der Waals surface area contributed by atoms with Gasteiger partial charge in [-0.3, -0.25) is 0 Å². The Morgan fingerprint density at radius 2 is 1.12 bits per heavy atom. The minimum absolute atomic E-state index is 0. The van der Waals surface area contributed by atoms with Crippen molar-refractivity contribution in [2.45, 2.75) is 64.3 Å². The number of hydrogen-bond acceptors (Lipinski definition) is 1. The van der Waals surface area contributed by atoms with Crippen molar-refractivity contribution in [1.82, 2.24) is 0 Å². The van der Waals surface area contributed by atoms with Crippen molar-refractivity contribution in [3.05, 3.63) is 91.0 Å². The molecular formula is C30H40IOPSi. The summed E-state index contributed by atoms with van der Waals surface area (Å²) in [6, 6.07) is 33.9. The molecule has 0 amide bonds. The molecule has 0 bridgehead atoms.